The van der Waals surface area contributed by atoms with Crippen molar-refractivity contribution in [2.24, 2.45) is 11.8 Å². The van der Waals surface area contributed by atoms with E-state index < -0.39 is 236 Å². The van der Waals surface area contributed by atoms with E-state index in [1.807, 2.05) is 0 Å². The van der Waals surface area contributed by atoms with E-state index in [0.29, 0.717) is 0 Å². The Morgan fingerprint density at radius 1 is 0.538 bits per heavy atom. The van der Waals surface area contributed by atoms with Gasteiger partial charge in [0.15, 0.2) is 31.5 Å². The van der Waals surface area contributed by atoms with Crippen LogP contribution in [0, 0.1) is 11.8 Å². The van der Waals surface area contributed by atoms with Gasteiger partial charge < -0.3 is 150 Å². The van der Waals surface area contributed by atoms with Gasteiger partial charge in [-0.2, -0.15) is 0 Å². The van der Waals surface area contributed by atoms with Gasteiger partial charge in [0.25, 0.3) is 0 Å². The summed E-state index contributed by atoms with van der Waals surface area (Å²) in [5.74, 6) is -2.94. The molecule has 0 aliphatic carbocycles. The highest BCUT2D eigenvalue weighted by atomic mass is 16.8. The lowest BCUT2D eigenvalue weighted by atomic mass is 9.90. The van der Waals surface area contributed by atoms with E-state index in [4.69, 9.17) is 47.4 Å². The molecule has 2 amide bonds. The van der Waals surface area contributed by atoms with Crippen molar-refractivity contribution in [3.05, 3.63) is 0 Å². The predicted octanol–water partition coefficient (Wildman–Crippen LogP) is -10.8. The summed E-state index contributed by atoms with van der Waals surface area (Å²) in [4.78, 5) is 25.7. The first-order valence-electron chi connectivity index (χ1n) is 25.6. The number of hydrogen-bond acceptors (Lipinski definition) is 30. The van der Waals surface area contributed by atoms with E-state index in [0.717, 1.165) is 13.8 Å². The monoisotopic (exact) mass is 1140 g/mol. The van der Waals surface area contributed by atoms with Gasteiger partial charge in [0.1, 0.15) is 122 Å². The first kappa shape index (κ1) is 68.3. The Morgan fingerprint density at radius 3 is 1.51 bits per heavy atom. The molecule has 4 aliphatic rings. The minimum atomic E-state index is -2.31. The molecule has 4 saturated heterocycles. The predicted molar refractivity (Wildman–Crippen MR) is 253 cm³/mol. The highest BCUT2D eigenvalue weighted by molar-refractivity contribution is 5.73. The maximum Gasteiger partial charge on any atom is 0.217 e. The lowest BCUT2D eigenvalue weighted by Crippen LogP contribution is -2.71. The topological polar surface area (TPSA) is 515 Å². The van der Waals surface area contributed by atoms with Gasteiger partial charge >= 0.3 is 0 Å². The van der Waals surface area contributed by atoms with Crippen LogP contribution in [0.15, 0.2) is 0 Å². The van der Waals surface area contributed by atoms with Gasteiger partial charge in [-0.1, -0.05) is 20.8 Å². The van der Waals surface area contributed by atoms with Crippen molar-refractivity contribution >= 4 is 11.8 Å². The molecule has 0 spiro atoms. The largest absolute Gasteiger partial charge is 0.396 e. The van der Waals surface area contributed by atoms with Crippen molar-refractivity contribution in [3.63, 3.8) is 0 Å². The van der Waals surface area contributed by atoms with Gasteiger partial charge in [-0.15, -0.1) is 0 Å². The third-order valence-electron chi connectivity index (χ3n) is 13.7. The summed E-state index contributed by atoms with van der Waals surface area (Å²) in [6.07, 6.45) is -49.1. The Labute approximate surface area is 448 Å². The van der Waals surface area contributed by atoms with E-state index in [-0.39, 0.29) is 12.3 Å². The van der Waals surface area contributed by atoms with E-state index >= 15 is 0 Å². The third kappa shape index (κ3) is 17.2. The highest BCUT2D eigenvalue weighted by Crippen LogP contribution is 2.36. The molecule has 0 aromatic heterocycles. The molecule has 0 aromatic carbocycles. The summed E-state index contributed by atoms with van der Waals surface area (Å²) >= 11 is 0. The zero-order valence-corrected chi connectivity index (χ0v) is 43.9. The first-order chi connectivity index (χ1) is 36.7. The van der Waals surface area contributed by atoms with Crippen LogP contribution in [0.3, 0.4) is 0 Å². The van der Waals surface area contributed by atoms with Gasteiger partial charge in [0.05, 0.1) is 58.0 Å². The molecule has 4 aliphatic heterocycles. The van der Waals surface area contributed by atoms with Crippen LogP contribution in [0.25, 0.3) is 0 Å². The van der Waals surface area contributed by atoms with Crippen molar-refractivity contribution in [2.75, 3.05) is 46.2 Å². The molecule has 4 fully saturated rings. The van der Waals surface area contributed by atoms with E-state index in [1.165, 1.54) is 13.8 Å². The maximum atomic E-state index is 13.1. The summed E-state index contributed by atoms with van der Waals surface area (Å²) < 4.78 is 59.2. The molecular formula is C46H84N2O30. The minimum Gasteiger partial charge on any atom is -0.396 e. The number of carbonyl (C=O) groups excluding carboxylic acids is 2. The summed E-state index contributed by atoms with van der Waals surface area (Å²) in [7, 11) is 0. The molecule has 78 heavy (non-hydrogen) atoms. The number of carbonyl (C=O) groups is 2. The Morgan fingerprint density at radius 2 is 1.03 bits per heavy atom. The normalized spacial score (nSPS) is 39.3. The molecule has 0 aromatic rings. The molecule has 29 atom stereocenters. The minimum absolute atomic E-state index is 0.0369. The Bertz CT molecular complexity index is 1760. The van der Waals surface area contributed by atoms with Gasteiger partial charge in [-0.25, -0.2) is 0 Å². The average Bonchev–Trinajstić information content (AvgIpc) is 3.42. The number of aliphatic hydroxyl groups is 18. The fraction of sp³-hybridized carbons (Fsp3) is 0.957. The fourth-order valence-electron chi connectivity index (χ4n) is 9.21. The van der Waals surface area contributed by atoms with Crippen LogP contribution in [0.4, 0.5) is 0 Å². The number of nitrogens with one attached hydrogen (secondary N) is 2. The smallest absolute Gasteiger partial charge is 0.217 e. The fourth-order valence-corrected chi connectivity index (χ4v) is 9.21. The average molecular weight is 1150 g/mol. The molecule has 32 heteroatoms. The molecule has 0 radical (unpaired) electrons. The second-order valence-electron chi connectivity index (χ2n) is 20.4. The van der Waals surface area contributed by atoms with Crippen molar-refractivity contribution in [1.82, 2.24) is 10.6 Å². The van der Waals surface area contributed by atoms with E-state index in [2.05, 4.69) is 10.6 Å². The number of aliphatic hydroxyl groups excluding tert-OH is 18. The SMILES string of the molecule is CC(=O)NC1C(OC(C(O)C(C)CO)C(O)C(O)CC(C)C)OC(CO)C(OC2OC(CO)C(OC(OC(CO)[C@@H](C)O)[C@H](COC3OC(CO)C(O)C(O)C3O)NC(C)=O)C(O)C2O)C1OC1OC(CO)C(O)C(O)C1O. The third-order valence-corrected chi connectivity index (χ3v) is 13.7. The number of hydrogen-bond donors (Lipinski definition) is 20. The van der Waals surface area contributed by atoms with Gasteiger partial charge in [-0.05, 0) is 19.3 Å². The second-order valence-corrected chi connectivity index (χ2v) is 20.4. The van der Waals surface area contributed by atoms with Crippen LogP contribution in [0.2, 0.25) is 0 Å². The molecule has 4 rings (SSSR count). The van der Waals surface area contributed by atoms with Crippen LogP contribution in [0.5, 0.6) is 0 Å². The molecule has 4 heterocycles. The standard InChI is InChI=1S/C46H84N2O30/c1-15(2)7-21(58)29(60)41(28(59)16(3)8-49)78-43-27(48-19(6)57)40(77-45-36(67)33(64)31(62)24(11-52)72-45)39(26(13-54)73-43)76-46-37(68)34(65)38(25(12-53)74-46)75-42(70-22(9-50)17(4)55)20(47-18(5)56)14-69-44-35(66)32(63)30(61)23(10-51)71-44/h15-17,20-46,49-55,58-68H,7-14H2,1-6H3,(H,47,56)(H,48,57)/t16?,17-,20+,21?,22?,23?,24?,25?,26?,27?,28?,29?,30?,31?,32?,33?,34?,35?,36?,37?,38?,39?,40?,41?,42?,43?,44?,45?,46?/m1/s1. The molecular weight excluding hydrogens is 1060 g/mol. The Hall–Kier alpha value is -2.18. The lowest BCUT2D eigenvalue weighted by Gasteiger charge is -2.51. The van der Waals surface area contributed by atoms with Gasteiger partial charge in [0, 0.05) is 26.4 Å². The van der Waals surface area contributed by atoms with E-state index in [1.54, 1.807) is 13.8 Å². The lowest BCUT2D eigenvalue weighted by molar-refractivity contribution is -0.385. The van der Waals surface area contributed by atoms with Crippen LogP contribution >= 0.6 is 0 Å². The van der Waals surface area contributed by atoms with Crippen LogP contribution in [0.1, 0.15) is 48.0 Å². The summed E-state index contributed by atoms with van der Waals surface area (Å²) in [6, 6.07) is -3.44. The number of ether oxygens (including phenoxy) is 10. The molecule has 0 saturated carbocycles. The Balaban J connectivity index is 1.77. The van der Waals surface area contributed by atoms with Gasteiger partial charge in [-0.3, -0.25) is 9.59 Å². The Kier molecular flexibility index (Phi) is 27.6. The van der Waals surface area contributed by atoms with Crippen molar-refractivity contribution in [1.29, 1.82) is 0 Å². The zero-order valence-electron chi connectivity index (χ0n) is 43.9. The first-order valence-corrected chi connectivity index (χ1v) is 25.6. The van der Waals surface area contributed by atoms with Crippen LogP contribution in [-0.2, 0) is 57.0 Å². The van der Waals surface area contributed by atoms with Crippen molar-refractivity contribution in [3.8, 4) is 0 Å². The molecule has 32 nitrogen and oxygen atoms in total. The highest BCUT2D eigenvalue weighted by Gasteiger charge is 2.57. The second kappa shape index (κ2) is 31.5. The molecule has 20 N–H and O–H groups in total. The quantitative estimate of drug-likeness (QED) is 0.0309. The molecule has 27 unspecified atom stereocenters. The van der Waals surface area contributed by atoms with Gasteiger partial charge in [0.2, 0.25) is 11.8 Å². The van der Waals surface area contributed by atoms with Crippen molar-refractivity contribution < 1.29 is 149 Å². The summed E-state index contributed by atoms with van der Waals surface area (Å²) in [6.45, 7) is 1.69. The van der Waals surface area contributed by atoms with Crippen LogP contribution in [-0.4, -0.2) is 322 Å². The molecule has 0 bridgehead atoms. The van der Waals surface area contributed by atoms with E-state index in [9.17, 15) is 102 Å². The summed E-state index contributed by atoms with van der Waals surface area (Å²) in [5.41, 5.74) is 0. The van der Waals surface area contributed by atoms with Crippen LogP contribution < -0.4 is 10.6 Å². The number of rotatable bonds is 29. The maximum absolute atomic E-state index is 13.1. The molecule has 458 valence electrons. The zero-order chi connectivity index (χ0) is 58.6. The summed E-state index contributed by atoms with van der Waals surface area (Å²) in [5, 5.41) is 198. The number of amides is 2. The van der Waals surface area contributed by atoms with Crippen molar-refractivity contribution in [2.45, 2.75) is 220 Å².